The minimum absolute atomic E-state index is 0.185. The number of benzene rings is 2. The number of hydrogen-bond donors (Lipinski definition) is 1. The third-order valence-electron chi connectivity index (χ3n) is 4.92. The number of halogens is 1. The van der Waals surface area contributed by atoms with Crippen molar-refractivity contribution in [2.75, 3.05) is 13.7 Å². The van der Waals surface area contributed by atoms with Gasteiger partial charge in [-0.2, -0.15) is 0 Å². The molecule has 25 heavy (non-hydrogen) atoms. The van der Waals surface area contributed by atoms with Crippen LogP contribution in [0.3, 0.4) is 0 Å². The molecular formula is C19H22ClNO3S. The molecule has 2 N–H and O–H groups in total. The Kier molecular flexibility index (Phi) is 4.95. The highest BCUT2D eigenvalue weighted by Gasteiger charge is 2.69. The van der Waals surface area contributed by atoms with E-state index in [0.29, 0.717) is 5.02 Å². The molecule has 0 unspecified atom stereocenters. The highest BCUT2D eigenvalue weighted by atomic mass is 35.5. The lowest BCUT2D eigenvalue weighted by atomic mass is 10.0. The fourth-order valence-electron chi connectivity index (χ4n) is 3.53. The van der Waals surface area contributed by atoms with Gasteiger partial charge < -0.3 is 10.5 Å². The zero-order valence-electron chi connectivity index (χ0n) is 14.3. The lowest BCUT2D eigenvalue weighted by Gasteiger charge is -2.11. The molecule has 6 heteroatoms. The van der Waals surface area contributed by atoms with E-state index in [2.05, 4.69) is 6.92 Å². The van der Waals surface area contributed by atoms with Crippen LogP contribution in [0.4, 0.5) is 0 Å². The Hall–Kier alpha value is -1.40. The fourth-order valence-corrected chi connectivity index (χ4v) is 5.95. The number of sulfone groups is 1. The summed E-state index contributed by atoms with van der Waals surface area (Å²) in [5.74, 6) is -0.293. The van der Waals surface area contributed by atoms with E-state index in [-0.39, 0.29) is 17.4 Å². The van der Waals surface area contributed by atoms with Crippen LogP contribution in [0.1, 0.15) is 24.0 Å². The quantitative estimate of drug-likeness (QED) is 0.836. The van der Waals surface area contributed by atoms with Crippen LogP contribution in [-0.4, -0.2) is 32.9 Å². The molecule has 1 saturated carbocycles. The average Bonchev–Trinajstić information content (AvgIpc) is 3.22. The van der Waals surface area contributed by atoms with Crippen LogP contribution in [0.2, 0.25) is 5.02 Å². The Bertz CT molecular complexity index is 849. The Morgan fingerprint density at radius 2 is 1.72 bits per heavy atom. The van der Waals surface area contributed by atoms with Crippen LogP contribution in [0.5, 0.6) is 0 Å². The summed E-state index contributed by atoms with van der Waals surface area (Å²) in [6, 6.07) is 14.2. The van der Waals surface area contributed by atoms with E-state index in [9.17, 15) is 8.42 Å². The summed E-state index contributed by atoms with van der Waals surface area (Å²) in [7, 11) is -2.05. The van der Waals surface area contributed by atoms with Gasteiger partial charge >= 0.3 is 0 Å². The van der Waals surface area contributed by atoms with Gasteiger partial charge in [-0.1, -0.05) is 42.8 Å². The first-order chi connectivity index (χ1) is 11.8. The number of nitrogens with two attached hydrogens (primary N) is 1. The minimum atomic E-state index is -3.59. The second kappa shape index (κ2) is 6.72. The topological polar surface area (TPSA) is 69.4 Å². The molecule has 0 bridgehead atoms. The van der Waals surface area contributed by atoms with Crippen molar-refractivity contribution in [1.82, 2.24) is 0 Å². The predicted molar refractivity (Wildman–Crippen MR) is 99.8 cm³/mol. The molecule has 2 aromatic carbocycles. The number of hydrogen-bond acceptors (Lipinski definition) is 4. The highest BCUT2D eigenvalue weighted by Crippen LogP contribution is 2.55. The maximum absolute atomic E-state index is 13.1. The molecule has 0 aromatic heterocycles. The van der Waals surface area contributed by atoms with Gasteiger partial charge in [0.15, 0.2) is 9.84 Å². The number of aryl methyl sites for hydroxylation is 1. The standard InChI is InChI=1S/C19H22ClNO3S/c1-3-13-4-6-14(7-5-13)17-18(19(17,21)12-24-2)25(22,23)16-10-8-15(20)9-11-16/h4-11,17-18H,3,12,21H2,1-2H3/t17-,18-,19+/m1/s1. The van der Waals surface area contributed by atoms with Crippen LogP contribution in [0.15, 0.2) is 53.4 Å². The lowest BCUT2D eigenvalue weighted by molar-refractivity contribution is 0.171. The van der Waals surface area contributed by atoms with Crippen LogP contribution >= 0.6 is 11.6 Å². The zero-order valence-corrected chi connectivity index (χ0v) is 15.8. The van der Waals surface area contributed by atoms with E-state index in [1.54, 1.807) is 12.1 Å². The highest BCUT2D eigenvalue weighted by molar-refractivity contribution is 7.92. The molecule has 4 nitrogen and oxygen atoms in total. The van der Waals surface area contributed by atoms with E-state index in [1.807, 2.05) is 24.3 Å². The summed E-state index contributed by atoms with van der Waals surface area (Å²) >= 11 is 5.88. The number of rotatable bonds is 6. The van der Waals surface area contributed by atoms with Crippen LogP contribution in [0, 0.1) is 0 Å². The molecule has 0 heterocycles. The molecule has 1 aliphatic carbocycles. The molecule has 1 fully saturated rings. The molecule has 1 aliphatic rings. The zero-order chi connectivity index (χ0) is 18.2. The summed E-state index contributed by atoms with van der Waals surface area (Å²) in [5.41, 5.74) is 7.68. The molecule has 0 saturated heterocycles. The first-order valence-corrected chi connectivity index (χ1v) is 10.1. The molecule has 0 aliphatic heterocycles. The Morgan fingerprint density at radius 3 is 2.24 bits per heavy atom. The van der Waals surface area contributed by atoms with Gasteiger partial charge in [0, 0.05) is 18.1 Å². The van der Waals surface area contributed by atoms with Crippen molar-refractivity contribution in [3.63, 3.8) is 0 Å². The van der Waals surface area contributed by atoms with Crippen LogP contribution < -0.4 is 5.73 Å². The number of methoxy groups -OCH3 is 1. The van der Waals surface area contributed by atoms with Gasteiger partial charge in [0.25, 0.3) is 0 Å². The molecule has 3 rings (SSSR count). The average molecular weight is 380 g/mol. The largest absolute Gasteiger partial charge is 0.383 e. The third-order valence-corrected chi connectivity index (χ3v) is 7.48. The Morgan fingerprint density at radius 1 is 1.12 bits per heavy atom. The fraction of sp³-hybridized carbons (Fsp3) is 0.368. The van der Waals surface area contributed by atoms with E-state index >= 15 is 0 Å². The molecule has 0 spiro atoms. The van der Waals surface area contributed by atoms with Gasteiger partial charge in [-0.15, -0.1) is 0 Å². The van der Waals surface area contributed by atoms with Crippen molar-refractivity contribution in [3.8, 4) is 0 Å². The number of ether oxygens (including phenoxy) is 1. The van der Waals surface area contributed by atoms with Gasteiger partial charge in [-0.05, 0) is 41.8 Å². The molecule has 0 amide bonds. The molecule has 134 valence electrons. The molecule has 3 atom stereocenters. The smallest absolute Gasteiger partial charge is 0.183 e. The summed E-state index contributed by atoms with van der Waals surface area (Å²) in [6.45, 7) is 2.27. The normalized spacial score (nSPS) is 25.8. The monoisotopic (exact) mass is 379 g/mol. The molecule has 2 aromatic rings. The maximum Gasteiger partial charge on any atom is 0.183 e. The van der Waals surface area contributed by atoms with Crippen molar-refractivity contribution < 1.29 is 13.2 Å². The summed E-state index contributed by atoms with van der Waals surface area (Å²) in [4.78, 5) is 0.237. The predicted octanol–water partition coefficient (Wildman–Crippen LogP) is 3.19. The van der Waals surface area contributed by atoms with E-state index < -0.39 is 20.6 Å². The van der Waals surface area contributed by atoms with Gasteiger partial charge in [0.05, 0.1) is 22.3 Å². The van der Waals surface area contributed by atoms with Crippen molar-refractivity contribution in [2.45, 2.75) is 34.9 Å². The van der Waals surface area contributed by atoms with Crippen LogP contribution in [-0.2, 0) is 21.0 Å². The first-order valence-electron chi connectivity index (χ1n) is 8.20. The maximum atomic E-state index is 13.1. The molecular weight excluding hydrogens is 358 g/mol. The summed E-state index contributed by atoms with van der Waals surface area (Å²) in [5, 5.41) is -0.217. The van der Waals surface area contributed by atoms with Gasteiger partial charge in [-0.3, -0.25) is 0 Å². The van der Waals surface area contributed by atoms with E-state index in [4.69, 9.17) is 22.1 Å². The molecule has 0 radical (unpaired) electrons. The Balaban J connectivity index is 1.99. The van der Waals surface area contributed by atoms with E-state index in [0.717, 1.165) is 12.0 Å². The van der Waals surface area contributed by atoms with Crippen molar-refractivity contribution in [3.05, 3.63) is 64.7 Å². The minimum Gasteiger partial charge on any atom is -0.383 e. The van der Waals surface area contributed by atoms with Gasteiger partial charge in [0.1, 0.15) is 0 Å². The van der Waals surface area contributed by atoms with E-state index in [1.165, 1.54) is 24.8 Å². The second-order valence-corrected chi connectivity index (χ2v) is 9.04. The summed E-state index contributed by atoms with van der Waals surface area (Å²) < 4.78 is 31.5. The van der Waals surface area contributed by atoms with Gasteiger partial charge in [-0.25, -0.2) is 8.42 Å². The lowest BCUT2D eigenvalue weighted by Crippen LogP contribution is -2.35. The Labute approximate surface area is 153 Å². The van der Waals surface area contributed by atoms with Crippen LogP contribution in [0.25, 0.3) is 0 Å². The van der Waals surface area contributed by atoms with Crippen molar-refractivity contribution in [1.29, 1.82) is 0 Å². The second-order valence-electron chi connectivity index (χ2n) is 6.54. The third kappa shape index (κ3) is 3.22. The van der Waals surface area contributed by atoms with Crippen molar-refractivity contribution >= 4 is 21.4 Å². The first kappa shape index (κ1) is 18.4. The SMILES string of the molecule is CCc1ccc([C@@H]2[C@@H](S(=O)(=O)c3ccc(Cl)cc3)[C@]2(N)COC)cc1. The summed E-state index contributed by atoms with van der Waals surface area (Å²) in [6.07, 6.45) is 0.934. The van der Waals surface area contributed by atoms with Crippen molar-refractivity contribution in [2.24, 2.45) is 5.73 Å². The van der Waals surface area contributed by atoms with Gasteiger partial charge in [0.2, 0.25) is 0 Å².